The highest BCUT2D eigenvalue weighted by Gasteiger charge is 2.34. The van der Waals surface area contributed by atoms with Gasteiger partial charge in [0.15, 0.2) is 0 Å². The second kappa shape index (κ2) is 8.96. The molecular formula is C23H24N4O4S. The maximum Gasteiger partial charge on any atom is 0.257 e. The summed E-state index contributed by atoms with van der Waals surface area (Å²) >= 11 is 1.28. The van der Waals surface area contributed by atoms with E-state index >= 15 is 0 Å². The van der Waals surface area contributed by atoms with Gasteiger partial charge in [0, 0.05) is 36.2 Å². The van der Waals surface area contributed by atoms with E-state index in [2.05, 4.69) is 21.6 Å². The standard InChI is InChI=1S/C23H24N4O4S/c1-13-5-14(2)7-17(6-13)27-12-16(10-20(27)28)22-25-26-23(32-22)24-21(29)15-8-18(30-3)11-19(9-15)31-4/h5-9,11,16H,10,12H2,1-4H3,(H,24,26,29)/t16-/m0/s1. The number of anilines is 2. The molecule has 1 atom stereocenters. The number of nitrogens with zero attached hydrogens (tertiary/aromatic N) is 3. The van der Waals surface area contributed by atoms with Gasteiger partial charge in [-0.15, -0.1) is 10.2 Å². The van der Waals surface area contributed by atoms with E-state index < -0.39 is 0 Å². The largest absolute Gasteiger partial charge is 0.497 e. The Morgan fingerprint density at radius 2 is 1.69 bits per heavy atom. The molecule has 0 spiro atoms. The lowest BCUT2D eigenvalue weighted by atomic mass is 10.1. The number of aryl methyl sites for hydroxylation is 2. The topological polar surface area (TPSA) is 93.6 Å². The molecule has 0 aliphatic carbocycles. The summed E-state index contributed by atoms with van der Waals surface area (Å²) in [5.41, 5.74) is 3.52. The molecule has 1 aliphatic rings. The van der Waals surface area contributed by atoms with Crippen LogP contribution in [0.25, 0.3) is 0 Å². The summed E-state index contributed by atoms with van der Waals surface area (Å²) in [6.45, 7) is 4.58. The molecule has 0 radical (unpaired) electrons. The number of ether oxygens (including phenoxy) is 2. The predicted octanol–water partition coefficient (Wildman–Crippen LogP) is 3.94. The van der Waals surface area contributed by atoms with Crippen LogP contribution in [0.5, 0.6) is 11.5 Å². The maximum atomic E-state index is 12.7. The zero-order valence-corrected chi connectivity index (χ0v) is 19.2. The molecule has 0 saturated carbocycles. The molecule has 0 unspecified atom stereocenters. The number of hydrogen-bond donors (Lipinski definition) is 1. The number of rotatable bonds is 6. The lowest BCUT2D eigenvalue weighted by Gasteiger charge is -2.17. The van der Waals surface area contributed by atoms with Crippen LogP contribution < -0.4 is 19.7 Å². The third-order valence-electron chi connectivity index (χ3n) is 5.27. The highest BCUT2D eigenvalue weighted by atomic mass is 32.1. The van der Waals surface area contributed by atoms with Crippen LogP contribution in [0.1, 0.15) is 38.8 Å². The van der Waals surface area contributed by atoms with E-state index in [1.807, 2.05) is 26.0 Å². The SMILES string of the molecule is COc1cc(OC)cc(C(=O)Nc2nnc([C@H]3CC(=O)N(c4cc(C)cc(C)c4)C3)s2)c1. The fourth-order valence-electron chi connectivity index (χ4n) is 3.79. The van der Waals surface area contributed by atoms with Crippen LogP contribution in [0.3, 0.4) is 0 Å². The Bertz CT molecular complexity index is 1130. The Morgan fingerprint density at radius 3 is 2.31 bits per heavy atom. The molecule has 8 nitrogen and oxygen atoms in total. The van der Waals surface area contributed by atoms with Crippen LogP contribution in [-0.4, -0.2) is 42.8 Å². The molecule has 1 N–H and O–H groups in total. The average Bonchev–Trinajstić information content (AvgIpc) is 3.39. The number of benzene rings is 2. The molecule has 1 saturated heterocycles. The van der Waals surface area contributed by atoms with Gasteiger partial charge in [-0.1, -0.05) is 17.4 Å². The zero-order valence-electron chi connectivity index (χ0n) is 18.3. The van der Waals surface area contributed by atoms with Crippen LogP contribution in [0.4, 0.5) is 10.8 Å². The molecule has 1 aliphatic heterocycles. The quantitative estimate of drug-likeness (QED) is 0.609. The van der Waals surface area contributed by atoms with Crippen molar-refractivity contribution in [3.8, 4) is 11.5 Å². The van der Waals surface area contributed by atoms with Crippen molar-refractivity contribution < 1.29 is 19.1 Å². The third-order valence-corrected chi connectivity index (χ3v) is 6.27. The van der Waals surface area contributed by atoms with E-state index in [0.29, 0.717) is 35.2 Å². The molecule has 0 bridgehead atoms. The highest BCUT2D eigenvalue weighted by Crippen LogP contribution is 2.35. The highest BCUT2D eigenvalue weighted by molar-refractivity contribution is 7.15. The zero-order chi connectivity index (χ0) is 22.8. The lowest BCUT2D eigenvalue weighted by molar-refractivity contribution is -0.117. The van der Waals surface area contributed by atoms with Crippen molar-refractivity contribution in [1.29, 1.82) is 0 Å². The summed E-state index contributed by atoms with van der Waals surface area (Å²) in [6.07, 6.45) is 0.364. The van der Waals surface area contributed by atoms with Crippen molar-refractivity contribution in [2.45, 2.75) is 26.2 Å². The Hall–Kier alpha value is -3.46. The first kappa shape index (κ1) is 21.8. The van der Waals surface area contributed by atoms with Gasteiger partial charge in [-0.2, -0.15) is 0 Å². The molecular weight excluding hydrogens is 428 g/mol. The molecule has 4 rings (SSSR count). The summed E-state index contributed by atoms with van der Waals surface area (Å²) in [6, 6.07) is 11.1. The first-order chi connectivity index (χ1) is 15.4. The molecule has 166 valence electrons. The van der Waals surface area contributed by atoms with E-state index in [-0.39, 0.29) is 17.7 Å². The molecule has 9 heteroatoms. The summed E-state index contributed by atoms with van der Waals surface area (Å²) in [5.74, 6) is 0.684. The van der Waals surface area contributed by atoms with Crippen molar-refractivity contribution in [2.75, 3.05) is 31.0 Å². The third kappa shape index (κ3) is 4.57. The van der Waals surface area contributed by atoms with E-state index in [0.717, 1.165) is 21.8 Å². The summed E-state index contributed by atoms with van der Waals surface area (Å²) < 4.78 is 10.4. The number of hydrogen-bond acceptors (Lipinski definition) is 7. The smallest absolute Gasteiger partial charge is 0.257 e. The van der Waals surface area contributed by atoms with Crippen molar-refractivity contribution >= 4 is 34.0 Å². The van der Waals surface area contributed by atoms with E-state index in [9.17, 15) is 9.59 Å². The monoisotopic (exact) mass is 452 g/mol. The van der Waals surface area contributed by atoms with Crippen molar-refractivity contribution in [1.82, 2.24) is 10.2 Å². The maximum absolute atomic E-state index is 12.7. The first-order valence-electron chi connectivity index (χ1n) is 10.1. The number of carbonyl (C=O) groups excluding carboxylic acids is 2. The average molecular weight is 453 g/mol. The molecule has 3 aromatic rings. The summed E-state index contributed by atoms with van der Waals surface area (Å²) in [5, 5.41) is 12.2. The van der Waals surface area contributed by atoms with Crippen LogP contribution in [0.15, 0.2) is 36.4 Å². The Labute approximate surface area is 190 Å². The minimum atomic E-state index is -0.343. The predicted molar refractivity (Wildman–Crippen MR) is 123 cm³/mol. The van der Waals surface area contributed by atoms with Crippen LogP contribution in [0, 0.1) is 13.8 Å². The van der Waals surface area contributed by atoms with Gasteiger partial charge >= 0.3 is 0 Å². The van der Waals surface area contributed by atoms with Crippen LogP contribution >= 0.6 is 11.3 Å². The molecule has 1 fully saturated rings. The molecule has 32 heavy (non-hydrogen) atoms. The number of amides is 2. The Kier molecular flexibility index (Phi) is 6.09. The van der Waals surface area contributed by atoms with Gasteiger partial charge < -0.3 is 14.4 Å². The van der Waals surface area contributed by atoms with E-state index in [1.54, 1.807) is 23.1 Å². The number of methoxy groups -OCH3 is 2. The summed E-state index contributed by atoms with van der Waals surface area (Å²) in [7, 11) is 3.05. The Balaban J connectivity index is 1.47. The minimum absolute atomic E-state index is 0.0595. The van der Waals surface area contributed by atoms with Crippen LogP contribution in [-0.2, 0) is 4.79 Å². The molecule has 2 amide bonds. The van der Waals surface area contributed by atoms with Crippen molar-refractivity contribution in [3.05, 3.63) is 58.1 Å². The van der Waals surface area contributed by atoms with Gasteiger partial charge in [-0.3, -0.25) is 14.9 Å². The number of carbonyl (C=O) groups is 2. The normalized spacial score (nSPS) is 15.7. The van der Waals surface area contributed by atoms with Crippen molar-refractivity contribution in [3.63, 3.8) is 0 Å². The van der Waals surface area contributed by atoms with Gasteiger partial charge in [0.2, 0.25) is 11.0 Å². The van der Waals surface area contributed by atoms with Gasteiger partial charge in [0.25, 0.3) is 5.91 Å². The van der Waals surface area contributed by atoms with E-state index in [4.69, 9.17) is 9.47 Å². The first-order valence-corrected chi connectivity index (χ1v) is 10.9. The number of nitrogens with one attached hydrogen (secondary N) is 1. The van der Waals surface area contributed by atoms with Crippen LogP contribution in [0.2, 0.25) is 0 Å². The van der Waals surface area contributed by atoms with Gasteiger partial charge in [0.05, 0.1) is 14.2 Å². The fourth-order valence-corrected chi connectivity index (χ4v) is 4.62. The van der Waals surface area contributed by atoms with Crippen molar-refractivity contribution in [2.24, 2.45) is 0 Å². The van der Waals surface area contributed by atoms with E-state index in [1.165, 1.54) is 25.6 Å². The second-order valence-electron chi connectivity index (χ2n) is 7.75. The van der Waals surface area contributed by atoms with Gasteiger partial charge in [-0.25, -0.2) is 0 Å². The van der Waals surface area contributed by atoms with Gasteiger partial charge in [-0.05, 0) is 49.2 Å². The molecule has 2 aromatic carbocycles. The molecule has 1 aromatic heterocycles. The fraction of sp³-hybridized carbons (Fsp3) is 0.304. The molecule has 2 heterocycles. The Morgan fingerprint density at radius 1 is 1.03 bits per heavy atom. The van der Waals surface area contributed by atoms with Gasteiger partial charge in [0.1, 0.15) is 16.5 Å². The summed E-state index contributed by atoms with van der Waals surface area (Å²) in [4.78, 5) is 27.1. The lowest BCUT2D eigenvalue weighted by Crippen LogP contribution is -2.24. The minimum Gasteiger partial charge on any atom is -0.497 e. The number of aromatic nitrogens is 2. The second-order valence-corrected chi connectivity index (χ2v) is 8.76.